The van der Waals surface area contributed by atoms with Gasteiger partial charge in [-0.25, -0.2) is 0 Å². The fourth-order valence-corrected chi connectivity index (χ4v) is 2.73. The first-order chi connectivity index (χ1) is 8.45. The highest BCUT2D eigenvalue weighted by atomic mass is 79.9. The largest absolute Gasteiger partial charge is 0.379 e. The van der Waals surface area contributed by atoms with Crippen molar-refractivity contribution in [2.75, 3.05) is 26.3 Å². The van der Waals surface area contributed by atoms with Crippen molar-refractivity contribution >= 4 is 15.9 Å². The Labute approximate surface area is 118 Å². The summed E-state index contributed by atoms with van der Waals surface area (Å²) in [7, 11) is 0. The van der Waals surface area contributed by atoms with Crippen LogP contribution in [-0.2, 0) is 16.7 Å². The highest BCUT2D eigenvalue weighted by Gasteiger charge is 2.16. The van der Waals surface area contributed by atoms with Crippen LogP contribution in [0.5, 0.6) is 0 Å². The van der Waals surface area contributed by atoms with Gasteiger partial charge in [0, 0.05) is 24.1 Å². The van der Waals surface area contributed by atoms with Gasteiger partial charge in [-0.05, 0) is 28.7 Å². The minimum absolute atomic E-state index is 0.198. The average Bonchev–Trinajstić information content (AvgIpc) is 2.28. The van der Waals surface area contributed by atoms with Crippen molar-refractivity contribution < 1.29 is 4.74 Å². The number of benzene rings is 1. The smallest absolute Gasteiger partial charge is 0.0594 e. The molecule has 1 aliphatic rings. The SMILES string of the molecule is CC(C)(C)c1cc(Br)cc(CN2CCOCC2)c1. The molecule has 1 fully saturated rings. The van der Waals surface area contributed by atoms with Crippen LogP contribution in [0, 0.1) is 0 Å². The van der Waals surface area contributed by atoms with Crippen molar-refractivity contribution in [3.63, 3.8) is 0 Å². The molecule has 0 spiro atoms. The Hall–Kier alpha value is -0.380. The van der Waals surface area contributed by atoms with Crippen LogP contribution in [0.2, 0.25) is 0 Å². The van der Waals surface area contributed by atoms with E-state index < -0.39 is 0 Å². The van der Waals surface area contributed by atoms with Crippen LogP contribution >= 0.6 is 15.9 Å². The fraction of sp³-hybridized carbons (Fsp3) is 0.600. The van der Waals surface area contributed by atoms with Gasteiger partial charge in [0.2, 0.25) is 0 Å². The molecule has 18 heavy (non-hydrogen) atoms. The molecule has 1 aromatic carbocycles. The number of hydrogen-bond donors (Lipinski definition) is 0. The molecule has 0 saturated carbocycles. The summed E-state index contributed by atoms with van der Waals surface area (Å²) in [5.74, 6) is 0. The summed E-state index contributed by atoms with van der Waals surface area (Å²) in [6.45, 7) is 11.6. The van der Waals surface area contributed by atoms with Gasteiger partial charge in [-0.15, -0.1) is 0 Å². The summed E-state index contributed by atoms with van der Waals surface area (Å²) >= 11 is 3.63. The quantitative estimate of drug-likeness (QED) is 0.827. The van der Waals surface area contributed by atoms with Crippen LogP contribution in [0.3, 0.4) is 0 Å². The predicted molar refractivity (Wildman–Crippen MR) is 78.9 cm³/mol. The Morgan fingerprint density at radius 3 is 2.44 bits per heavy atom. The van der Waals surface area contributed by atoms with Crippen molar-refractivity contribution in [2.24, 2.45) is 0 Å². The molecule has 1 saturated heterocycles. The molecule has 2 nitrogen and oxygen atoms in total. The van der Waals surface area contributed by atoms with Gasteiger partial charge in [0.15, 0.2) is 0 Å². The predicted octanol–water partition coefficient (Wildman–Crippen LogP) is 3.58. The first-order valence-electron chi connectivity index (χ1n) is 6.55. The lowest BCUT2D eigenvalue weighted by molar-refractivity contribution is 0.0341. The number of hydrogen-bond acceptors (Lipinski definition) is 2. The Bertz CT molecular complexity index is 405. The van der Waals surface area contributed by atoms with E-state index in [1.54, 1.807) is 0 Å². The topological polar surface area (TPSA) is 12.5 Å². The molecule has 3 heteroatoms. The summed E-state index contributed by atoms with van der Waals surface area (Å²) in [6.07, 6.45) is 0. The molecule has 1 aromatic rings. The van der Waals surface area contributed by atoms with Crippen molar-refractivity contribution in [2.45, 2.75) is 32.7 Å². The Morgan fingerprint density at radius 2 is 1.83 bits per heavy atom. The van der Waals surface area contributed by atoms with Gasteiger partial charge in [-0.2, -0.15) is 0 Å². The molecule has 0 atom stereocenters. The molecule has 1 heterocycles. The zero-order valence-electron chi connectivity index (χ0n) is 11.5. The second-order valence-corrected chi connectivity index (χ2v) is 6.90. The molecule has 0 aromatic heterocycles. The van der Waals surface area contributed by atoms with E-state index >= 15 is 0 Å². The summed E-state index contributed by atoms with van der Waals surface area (Å²) in [4.78, 5) is 2.46. The van der Waals surface area contributed by atoms with E-state index in [1.165, 1.54) is 15.6 Å². The first-order valence-corrected chi connectivity index (χ1v) is 7.34. The Balaban J connectivity index is 2.14. The third kappa shape index (κ3) is 3.81. The van der Waals surface area contributed by atoms with E-state index in [1.807, 2.05) is 0 Å². The molecule has 100 valence electrons. The van der Waals surface area contributed by atoms with Gasteiger partial charge in [0.25, 0.3) is 0 Å². The lowest BCUT2D eigenvalue weighted by Gasteiger charge is -2.27. The summed E-state index contributed by atoms with van der Waals surface area (Å²) in [5, 5.41) is 0. The maximum atomic E-state index is 5.39. The summed E-state index contributed by atoms with van der Waals surface area (Å²) in [5.41, 5.74) is 2.97. The Morgan fingerprint density at radius 1 is 1.17 bits per heavy atom. The average molecular weight is 312 g/mol. The third-order valence-corrected chi connectivity index (χ3v) is 3.79. The zero-order chi connectivity index (χ0) is 13.2. The van der Waals surface area contributed by atoms with E-state index in [9.17, 15) is 0 Å². The van der Waals surface area contributed by atoms with Crippen molar-refractivity contribution in [1.29, 1.82) is 0 Å². The maximum Gasteiger partial charge on any atom is 0.0594 e. The molecule has 0 aliphatic carbocycles. The molecule has 0 radical (unpaired) electrons. The normalized spacial score (nSPS) is 18.0. The highest BCUT2D eigenvalue weighted by molar-refractivity contribution is 9.10. The van der Waals surface area contributed by atoms with Gasteiger partial charge in [-0.1, -0.05) is 42.8 Å². The van der Waals surface area contributed by atoms with Crippen molar-refractivity contribution in [1.82, 2.24) is 4.90 Å². The van der Waals surface area contributed by atoms with Gasteiger partial charge in [-0.3, -0.25) is 4.90 Å². The third-order valence-electron chi connectivity index (χ3n) is 3.33. The fourth-order valence-electron chi connectivity index (χ4n) is 2.19. The number of nitrogens with zero attached hydrogens (tertiary/aromatic N) is 1. The van der Waals surface area contributed by atoms with Crippen LogP contribution < -0.4 is 0 Å². The number of ether oxygens (including phenoxy) is 1. The van der Waals surface area contributed by atoms with E-state index in [2.05, 4.69) is 59.8 Å². The lowest BCUT2D eigenvalue weighted by atomic mass is 9.86. The molecule has 0 bridgehead atoms. The summed E-state index contributed by atoms with van der Waals surface area (Å²) < 4.78 is 6.57. The monoisotopic (exact) mass is 311 g/mol. The Kier molecular flexibility index (Phi) is 4.46. The zero-order valence-corrected chi connectivity index (χ0v) is 13.1. The maximum absolute atomic E-state index is 5.39. The summed E-state index contributed by atoms with van der Waals surface area (Å²) in [6, 6.07) is 6.79. The van der Waals surface area contributed by atoms with Gasteiger partial charge >= 0.3 is 0 Å². The van der Waals surface area contributed by atoms with Gasteiger partial charge < -0.3 is 4.74 Å². The number of morpholine rings is 1. The number of rotatable bonds is 2. The molecule has 2 rings (SSSR count). The molecule has 1 aliphatic heterocycles. The van der Waals surface area contributed by atoms with Crippen LogP contribution in [0.4, 0.5) is 0 Å². The standard InChI is InChI=1S/C15H22BrNO/c1-15(2,3)13-8-12(9-14(16)10-13)11-17-4-6-18-7-5-17/h8-10H,4-7,11H2,1-3H3. The minimum atomic E-state index is 0.198. The van der Waals surface area contributed by atoms with E-state index in [0.717, 1.165) is 32.8 Å². The lowest BCUT2D eigenvalue weighted by Crippen LogP contribution is -2.35. The van der Waals surface area contributed by atoms with E-state index in [4.69, 9.17) is 4.74 Å². The first kappa shape index (κ1) is 14.0. The molecule has 0 amide bonds. The molecular formula is C15H22BrNO. The molecule has 0 unspecified atom stereocenters. The van der Waals surface area contributed by atoms with E-state index in [-0.39, 0.29) is 5.41 Å². The van der Waals surface area contributed by atoms with Gasteiger partial charge in [0.05, 0.1) is 13.2 Å². The van der Waals surface area contributed by atoms with Crippen LogP contribution in [-0.4, -0.2) is 31.2 Å². The van der Waals surface area contributed by atoms with E-state index in [0.29, 0.717) is 0 Å². The van der Waals surface area contributed by atoms with Crippen molar-refractivity contribution in [3.8, 4) is 0 Å². The van der Waals surface area contributed by atoms with Gasteiger partial charge in [0.1, 0.15) is 0 Å². The van der Waals surface area contributed by atoms with Crippen molar-refractivity contribution in [3.05, 3.63) is 33.8 Å². The minimum Gasteiger partial charge on any atom is -0.379 e. The second kappa shape index (κ2) is 5.72. The highest BCUT2D eigenvalue weighted by Crippen LogP contribution is 2.27. The van der Waals surface area contributed by atoms with Crippen LogP contribution in [0.15, 0.2) is 22.7 Å². The van der Waals surface area contributed by atoms with Crippen LogP contribution in [0.25, 0.3) is 0 Å². The molecule has 0 N–H and O–H groups in total. The number of halogens is 1. The second-order valence-electron chi connectivity index (χ2n) is 5.99. The molecular weight excluding hydrogens is 290 g/mol. The van der Waals surface area contributed by atoms with Crippen LogP contribution in [0.1, 0.15) is 31.9 Å².